The Morgan fingerprint density at radius 2 is 1.83 bits per heavy atom. The normalized spacial score (nSPS) is 21.6. The summed E-state index contributed by atoms with van der Waals surface area (Å²) in [6.07, 6.45) is 0. The molecule has 0 radical (unpaired) electrons. The van der Waals surface area contributed by atoms with Crippen LogP contribution in [0.4, 0.5) is 0 Å². The van der Waals surface area contributed by atoms with E-state index in [9.17, 15) is 13.2 Å². The van der Waals surface area contributed by atoms with Gasteiger partial charge in [0.25, 0.3) is 5.91 Å². The maximum atomic E-state index is 12.2. The minimum atomic E-state index is -3.19. The Kier molecular flexibility index (Phi) is 3.19. The third-order valence-electron chi connectivity index (χ3n) is 2.89. The molecule has 1 aromatic carbocycles. The largest absolute Gasteiger partial charge is 0.324 e. The van der Waals surface area contributed by atoms with Gasteiger partial charge in [0.05, 0.1) is 5.75 Å². The smallest absolute Gasteiger partial charge is 0.254 e. The van der Waals surface area contributed by atoms with E-state index in [1.807, 2.05) is 19.9 Å². The summed E-state index contributed by atoms with van der Waals surface area (Å²) < 4.78 is 23.6. The van der Waals surface area contributed by atoms with E-state index < -0.39 is 9.84 Å². The van der Waals surface area contributed by atoms with Gasteiger partial charge in [0.15, 0.2) is 9.84 Å². The van der Waals surface area contributed by atoms with Gasteiger partial charge in [-0.2, -0.15) is 0 Å². The van der Waals surface area contributed by atoms with Crippen LogP contribution in [-0.4, -0.2) is 37.4 Å². The summed E-state index contributed by atoms with van der Waals surface area (Å²) >= 11 is 0. The molecule has 1 aromatic rings. The van der Waals surface area contributed by atoms with Gasteiger partial charge in [0.1, 0.15) is 5.88 Å². The van der Waals surface area contributed by atoms with Crippen molar-refractivity contribution < 1.29 is 13.2 Å². The van der Waals surface area contributed by atoms with Crippen LogP contribution in [0.5, 0.6) is 0 Å². The van der Waals surface area contributed by atoms with Crippen LogP contribution in [0.2, 0.25) is 0 Å². The molecule has 0 saturated carbocycles. The van der Waals surface area contributed by atoms with Gasteiger partial charge in [-0.15, -0.1) is 0 Å². The van der Waals surface area contributed by atoms with Crippen LogP contribution in [0.15, 0.2) is 30.3 Å². The van der Waals surface area contributed by atoms with Crippen molar-refractivity contribution >= 4 is 15.7 Å². The number of nitrogens with zero attached hydrogens (tertiary/aromatic N) is 1. The molecule has 5 heteroatoms. The summed E-state index contributed by atoms with van der Waals surface area (Å²) in [7, 11) is -3.19. The van der Waals surface area contributed by atoms with E-state index in [1.54, 1.807) is 24.3 Å². The summed E-state index contributed by atoms with van der Waals surface area (Å²) in [5.74, 6) is -0.255. The number of hydrogen-bond acceptors (Lipinski definition) is 3. The van der Waals surface area contributed by atoms with Gasteiger partial charge in [-0.1, -0.05) is 32.0 Å². The van der Waals surface area contributed by atoms with Gasteiger partial charge in [-0.25, -0.2) is 8.42 Å². The number of carbonyl (C=O) groups excluding carboxylic acids is 1. The minimum absolute atomic E-state index is 0.137. The lowest BCUT2D eigenvalue weighted by Gasteiger charge is -2.37. The van der Waals surface area contributed by atoms with E-state index in [0.29, 0.717) is 12.1 Å². The Morgan fingerprint density at radius 1 is 1.22 bits per heavy atom. The van der Waals surface area contributed by atoms with E-state index in [0.717, 1.165) is 0 Å². The molecule has 1 fully saturated rings. The van der Waals surface area contributed by atoms with Crippen molar-refractivity contribution in [3.63, 3.8) is 0 Å². The zero-order valence-corrected chi connectivity index (χ0v) is 11.4. The maximum absolute atomic E-state index is 12.2. The van der Waals surface area contributed by atoms with Crippen LogP contribution in [0.25, 0.3) is 0 Å². The van der Waals surface area contributed by atoms with Gasteiger partial charge in [0, 0.05) is 12.1 Å². The lowest BCUT2D eigenvalue weighted by Crippen LogP contribution is -2.50. The van der Waals surface area contributed by atoms with Gasteiger partial charge < -0.3 is 4.90 Å². The summed E-state index contributed by atoms with van der Waals surface area (Å²) in [6, 6.07) is 8.79. The summed E-state index contributed by atoms with van der Waals surface area (Å²) in [4.78, 5) is 13.7. The molecule has 0 unspecified atom stereocenters. The number of carbonyl (C=O) groups is 1. The molecule has 1 amide bonds. The number of benzene rings is 1. The highest BCUT2D eigenvalue weighted by molar-refractivity contribution is 7.91. The zero-order valence-electron chi connectivity index (χ0n) is 10.6. The molecule has 2 rings (SSSR count). The van der Waals surface area contributed by atoms with Crippen molar-refractivity contribution in [1.82, 2.24) is 4.90 Å². The maximum Gasteiger partial charge on any atom is 0.254 e. The predicted molar refractivity (Wildman–Crippen MR) is 69.9 cm³/mol. The minimum Gasteiger partial charge on any atom is -0.324 e. The van der Waals surface area contributed by atoms with Crippen molar-refractivity contribution in [2.45, 2.75) is 13.8 Å². The van der Waals surface area contributed by atoms with Crippen molar-refractivity contribution in [2.24, 2.45) is 5.41 Å². The predicted octanol–water partition coefficient (Wildman–Crippen LogP) is 1.54. The highest BCUT2D eigenvalue weighted by Gasteiger charge is 2.37. The Bertz CT molecular complexity index is 549. The molecular formula is C13H17NO3S. The molecule has 4 nitrogen and oxygen atoms in total. The molecular weight excluding hydrogens is 250 g/mol. The quantitative estimate of drug-likeness (QED) is 0.775. The van der Waals surface area contributed by atoms with E-state index >= 15 is 0 Å². The SMILES string of the molecule is CC1(C)CN(C(=O)c2ccccc2)CS(=O)(=O)C1. The van der Waals surface area contributed by atoms with Crippen LogP contribution >= 0.6 is 0 Å². The topological polar surface area (TPSA) is 54.5 Å². The first kappa shape index (κ1) is 13.1. The zero-order chi connectivity index (χ0) is 13.4. The monoisotopic (exact) mass is 267 g/mol. The summed E-state index contributed by atoms with van der Waals surface area (Å²) in [5, 5.41) is 0. The summed E-state index contributed by atoms with van der Waals surface area (Å²) in [5.41, 5.74) is 0.145. The molecule has 1 aliphatic rings. The molecule has 1 aliphatic heterocycles. The molecule has 1 saturated heterocycles. The fourth-order valence-electron chi connectivity index (χ4n) is 2.38. The second-order valence-corrected chi connectivity index (χ2v) is 7.58. The molecule has 0 bridgehead atoms. The standard InChI is InChI=1S/C13H17NO3S/c1-13(2)8-14(10-18(16,17)9-13)12(15)11-6-4-3-5-7-11/h3-7H,8-10H2,1-2H3. The van der Waals surface area contributed by atoms with E-state index in [4.69, 9.17) is 0 Å². The third-order valence-corrected chi connectivity index (χ3v) is 4.82. The van der Waals surface area contributed by atoms with Crippen molar-refractivity contribution in [3.05, 3.63) is 35.9 Å². The first-order valence-electron chi connectivity index (χ1n) is 5.84. The number of amides is 1. The lowest BCUT2D eigenvalue weighted by atomic mass is 9.95. The van der Waals surface area contributed by atoms with Crippen LogP contribution in [-0.2, 0) is 9.84 Å². The van der Waals surface area contributed by atoms with Gasteiger partial charge in [0.2, 0.25) is 0 Å². The average molecular weight is 267 g/mol. The van der Waals surface area contributed by atoms with Crippen molar-refractivity contribution in [3.8, 4) is 0 Å². The fourth-order valence-corrected chi connectivity index (χ4v) is 4.44. The van der Waals surface area contributed by atoms with Crippen LogP contribution in [0.3, 0.4) is 0 Å². The molecule has 0 atom stereocenters. The van der Waals surface area contributed by atoms with Gasteiger partial charge in [-0.05, 0) is 17.5 Å². The van der Waals surface area contributed by atoms with Crippen molar-refractivity contribution in [2.75, 3.05) is 18.2 Å². The lowest BCUT2D eigenvalue weighted by molar-refractivity contribution is 0.0715. The Labute approximate surface area is 108 Å². The molecule has 0 aromatic heterocycles. The van der Waals surface area contributed by atoms with E-state index in [1.165, 1.54) is 4.90 Å². The highest BCUT2D eigenvalue weighted by Crippen LogP contribution is 2.26. The molecule has 98 valence electrons. The number of rotatable bonds is 1. The van der Waals surface area contributed by atoms with Crippen LogP contribution in [0.1, 0.15) is 24.2 Å². The van der Waals surface area contributed by atoms with Gasteiger partial charge in [-0.3, -0.25) is 4.79 Å². The highest BCUT2D eigenvalue weighted by atomic mass is 32.2. The molecule has 1 heterocycles. The average Bonchev–Trinajstić information content (AvgIpc) is 2.25. The van der Waals surface area contributed by atoms with Crippen LogP contribution < -0.4 is 0 Å². The number of sulfone groups is 1. The van der Waals surface area contributed by atoms with Gasteiger partial charge >= 0.3 is 0 Å². The third kappa shape index (κ3) is 2.90. The molecule has 0 spiro atoms. The van der Waals surface area contributed by atoms with E-state index in [2.05, 4.69) is 0 Å². The van der Waals surface area contributed by atoms with Crippen LogP contribution in [0, 0.1) is 5.41 Å². The van der Waals surface area contributed by atoms with Crippen molar-refractivity contribution in [1.29, 1.82) is 0 Å². The second-order valence-electron chi connectivity index (χ2n) is 5.55. The van der Waals surface area contributed by atoms with E-state index in [-0.39, 0.29) is 23.0 Å². The Hall–Kier alpha value is -1.36. The fraction of sp³-hybridized carbons (Fsp3) is 0.462. The first-order valence-corrected chi connectivity index (χ1v) is 7.66. The Morgan fingerprint density at radius 3 is 2.39 bits per heavy atom. The molecule has 0 N–H and O–H groups in total. The number of hydrogen-bond donors (Lipinski definition) is 0. The molecule has 18 heavy (non-hydrogen) atoms. The second kappa shape index (κ2) is 4.39. The Balaban J connectivity index is 2.26. The first-order chi connectivity index (χ1) is 8.29. The molecule has 0 aliphatic carbocycles. The summed E-state index contributed by atoms with van der Waals surface area (Å²) in [6.45, 7) is 4.21.